The molecule has 0 bridgehead atoms. The first-order valence-corrected chi connectivity index (χ1v) is 7.84. The van der Waals surface area contributed by atoms with E-state index >= 15 is 0 Å². The lowest BCUT2D eigenvalue weighted by molar-refractivity contribution is -0.0123. The van der Waals surface area contributed by atoms with Crippen LogP contribution in [0.25, 0.3) is 0 Å². The molecule has 0 aromatic heterocycles. The number of piperidine rings is 1. The summed E-state index contributed by atoms with van der Waals surface area (Å²) in [5.74, 6) is 0.812. The van der Waals surface area contributed by atoms with Crippen molar-refractivity contribution in [1.29, 1.82) is 0 Å². The Morgan fingerprint density at radius 3 is 2.58 bits per heavy atom. The maximum atomic E-state index is 9.91. The molecule has 0 amide bonds. The van der Waals surface area contributed by atoms with Crippen LogP contribution in [0.15, 0.2) is 0 Å². The summed E-state index contributed by atoms with van der Waals surface area (Å²) in [5, 5.41) is 13.4. The van der Waals surface area contributed by atoms with Gasteiger partial charge >= 0.3 is 0 Å². The molecule has 0 aliphatic carbocycles. The van der Waals surface area contributed by atoms with Gasteiger partial charge in [-0.2, -0.15) is 0 Å². The smallest absolute Gasteiger partial charge is 0.0900 e. The Morgan fingerprint density at radius 2 is 2.00 bits per heavy atom. The van der Waals surface area contributed by atoms with E-state index in [4.69, 9.17) is 4.74 Å². The molecular formula is C15H32N2O2. The number of ether oxygens (including phenoxy) is 1. The molecule has 1 fully saturated rings. The summed E-state index contributed by atoms with van der Waals surface area (Å²) in [7, 11) is 0. The Bertz CT molecular complexity index is 216. The lowest BCUT2D eigenvalue weighted by atomic mass is 9.96. The van der Waals surface area contributed by atoms with E-state index in [0.29, 0.717) is 6.61 Å². The Hall–Kier alpha value is -0.160. The van der Waals surface area contributed by atoms with Crippen molar-refractivity contribution in [1.82, 2.24) is 10.2 Å². The number of nitrogens with zero attached hydrogens (tertiary/aromatic N) is 1. The molecule has 0 aromatic carbocycles. The average Bonchev–Trinajstić information content (AvgIpc) is 2.39. The van der Waals surface area contributed by atoms with Crippen molar-refractivity contribution in [3.8, 4) is 0 Å². The van der Waals surface area contributed by atoms with Gasteiger partial charge in [-0.05, 0) is 65.2 Å². The van der Waals surface area contributed by atoms with Crippen LogP contribution in [0.5, 0.6) is 0 Å². The second kappa shape index (κ2) is 9.70. The van der Waals surface area contributed by atoms with Crippen LogP contribution in [0.4, 0.5) is 0 Å². The van der Waals surface area contributed by atoms with Crippen molar-refractivity contribution in [2.24, 2.45) is 5.92 Å². The standard InChI is InChI=1S/C15H32N2O2/c1-4-7-16-10-14-5-8-17(9-6-14)11-15(18)12-19-13(2)3/h13-16,18H,4-12H2,1-3H3. The molecule has 19 heavy (non-hydrogen) atoms. The van der Waals surface area contributed by atoms with Gasteiger partial charge in [-0.25, -0.2) is 0 Å². The Morgan fingerprint density at radius 1 is 1.32 bits per heavy atom. The Balaban J connectivity index is 2.08. The topological polar surface area (TPSA) is 44.7 Å². The largest absolute Gasteiger partial charge is 0.389 e. The predicted molar refractivity (Wildman–Crippen MR) is 79.4 cm³/mol. The van der Waals surface area contributed by atoms with Gasteiger partial charge in [0.15, 0.2) is 0 Å². The SMILES string of the molecule is CCCNCC1CCN(CC(O)COC(C)C)CC1. The highest BCUT2D eigenvalue weighted by atomic mass is 16.5. The van der Waals surface area contributed by atoms with E-state index in [2.05, 4.69) is 17.1 Å². The van der Waals surface area contributed by atoms with Crippen LogP contribution in [0.3, 0.4) is 0 Å². The van der Waals surface area contributed by atoms with E-state index in [1.54, 1.807) is 0 Å². The summed E-state index contributed by atoms with van der Waals surface area (Å²) in [6.07, 6.45) is 3.55. The van der Waals surface area contributed by atoms with Crippen molar-refractivity contribution >= 4 is 0 Å². The Labute approximate surface area is 118 Å². The molecule has 0 radical (unpaired) electrons. The number of rotatable bonds is 9. The first kappa shape index (κ1) is 16.9. The zero-order valence-corrected chi connectivity index (χ0v) is 12.9. The van der Waals surface area contributed by atoms with Gasteiger partial charge in [0.25, 0.3) is 0 Å². The maximum Gasteiger partial charge on any atom is 0.0900 e. The number of likely N-dealkylation sites (tertiary alicyclic amines) is 1. The molecular weight excluding hydrogens is 240 g/mol. The van der Waals surface area contributed by atoms with Crippen LogP contribution in [0.2, 0.25) is 0 Å². The summed E-state index contributed by atoms with van der Waals surface area (Å²) in [5.41, 5.74) is 0. The summed E-state index contributed by atoms with van der Waals surface area (Å²) < 4.78 is 5.45. The summed E-state index contributed by atoms with van der Waals surface area (Å²) in [4.78, 5) is 2.37. The van der Waals surface area contributed by atoms with Gasteiger partial charge in [-0.1, -0.05) is 6.92 Å². The summed E-state index contributed by atoms with van der Waals surface area (Å²) in [6, 6.07) is 0. The van der Waals surface area contributed by atoms with Crippen LogP contribution in [-0.4, -0.2) is 61.5 Å². The van der Waals surface area contributed by atoms with Gasteiger partial charge in [0, 0.05) is 6.54 Å². The van der Waals surface area contributed by atoms with E-state index in [1.807, 2.05) is 13.8 Å². The molecule has 1 unspecified atom stereocenters. The Kier molecular flexibility index (Phi) is 8.62. The third-order valence-corrected chi connectivity index (χ3v) is 3.66. The average molecular weight is 272 g/mol. The molecule has 0 saturated carbocycles. The first-order valence-electron chi connectivity index (χ1n) is 7.84. The number of nitrogens with one attached hydrogen (secondary N) is 1. The molecule has 1 aliphatic heterocycles. The van der Waals surface area contributed by atoms with Crippen LogP contribution in [0, 0.1) is 5.92 Å². The minimum Gasteiger partial charge on any atom is -0.389 e. The van der Waals surface area contributed by atoms with Crippen molar-refractivity contribution in [3.63, 3.8) is 0 Å². The minimum atomic E-state index is -0.350. The minimum absolute atomic E-state index is 0.199. The van der Waals surface area contributed by atoms with Gasteiger partial charge in [0.05, 0.1) is 18.8 Å². The zero-order valence-electron chi connectivity index (χ0n) is 12.9. The summed E-state index contributed by atoms with van der Waals surface area (Å²) in [6.45, 7) is 11.9. The van der Waals surface area contributed by atoms with Crippen molar-refractivity contribution in [3.05, 3.63) is 0 Å². The van der Waals surface area contributed by atoms with Gasteiger partial charge in [-0.15, -0.1) is 0 Å². The number of hydrogen-bond acceptors (Lipinski definition) is 4. The van der Waals surface area contributed by atoms with Crippen LogP contribution < -0.4 is 5.32 Å². The normalized spacial score (nSPS) is 20.1. The van der Waals surface area contributed by atoms with E-state index in [-0.39, 0.29) is 12.2 Å². The third kappa shape index (κ3) is 7.88. The van der Waals surface area contributed by atoms with Crippen molar-refractivity contribution < 1.29 is 9.84 Å². The number of aliphatic hydroxyl groups excluding tert-OH is 1. The molecule has 4 heteroatoms. The molecule has 1 rings (SSSR count). The monoisotopic (exact) mass is 272 g/mol. The van der Waals surface area contributed by atoms with E-state index < -0.39 is 0 Å². The van der Waals surface area contributed by atoms with Gasteiger partial charge in [-0.3, -0.25) is 0 Å². The molecule has 4 nitrogen and oxygen atoms in total. The van der Waals surface area contributed by atoms with Gasteiger partial charge in [0.2, 0.25) is 0 Å². The molecule has 2 N–H and O–H groups in total. The lowest BCUT2D eigenvalue weighted by Gasteiger charge is -2.33. The fourth-order valence-corrected chi connectivity index (χ4v) is 2.51. The second-order valence-corrected chi connectivity index (χ2v) is 5.98. The molecule has 1 heterocycles. The van der Waals surface area contributed by atoms with E-state index in [9.17, 15) is 5.11 Å². The fraction of sp³-hybridized carbons (Fsp3) is 1.00. The molecule has 0 spiro atoms. The van der Waals surface area contributed by atoms with Crippen molar-refractivity contribution in [2.45, 2.75) is 52.2 Å². The highest BCUT2D eigenvalue weighted by Crippen LogP contribution is 2.16. The molecule has 0 aromatic rings. The second-order valence-electron chi connectivity index (χ2n) is 5.98. The number of β-amino-alcohol motifs (C(OH)–C–C–N with tert-alkyl or cyclic N) is 1. The summed E-state index contributed by atoms with van der Waals surface area (Å²) >= 11 is 0. The van der Waals surface area contributed by atoms with E-state index in [1.165, 1.54) is 19.3 Å². The van der Waals surface area contributed by atoms with E-state index in [0.717, 1.165) is 38.6 Å². The van der Waals surface area contributed by atoms with Crippen molar-refractivity contribution in [2.75, 3.05) is 39.3 Å². The lowest BCUT2D eigenvalue weighted by Crippen LogP contribution is -2.42. The first-order chi connectivity index (χ1) is 9.11. The molecule has 1 aliphatic rings. The van der Waals surface area contributed by atoms with Crippen LogP contribution in [-0.2, 0) is 4.74 Å². The quantitative estimate of drug-likeness (QED) is 0.624. The molecule has 1 atom stereocenters. The van der Waals surface area contributed by atoms with Crippen LogP contribution in [0.1, 0.15) is 40.0 Å². The van der Waals surface area contributed by atoms with Crippen LogP contribution >= 0.6 is 0 Å². The maximum absolute atomic E-state index is 9.91. The predicted octanol–water partition coefficient (Wildman–Crippen LogP) is 1.48. The molecule has 114 valence electrons. The highest BCUT2D eigenvalue weighted by molar-refractivity contribution is 4.75. The molecule has 1 saturated heterocycles. The van der Waals surface area contributed by atoms with Gasteiger partial charge in [0.1, 0.15) is 0 Å². The fourth-order valence-electron chi connectivity index (χ4n) is 2.51. The zero-order chi connectivity index (χ0) is 14.1. The van der Waals surface area contributed by atoms with Gasteiger partial charge < -0.3 is 20.1 Å². The highest BCUT2D eigenvalue weighted by Gasteiger charge is 2.20. The number of aliphatic hydroxyl groups is 1. The third-order valence-electron chi connectivity index (χ3n) is 3.66. The number of hydrogen-bond donors (Lipinski definition) is 2.